The lowest BCUT2D eigenvalue weighted by molar-refractivity contribution is -0.137. The second kappa shape index (κ2) is 28.0. The van der Waals surface area contributed by atoms with Crippen LogP contribution in [0.1, 0.15) is 66.7 Å². The molecule has 17 rings (SSSR count). The van der Waals surface area contributed by atoms with Crippen molar-refractivity contribution in [3.63, 3.8) is 0 Å². The van der Waals surface area contributed by atoms with Crippen LogP contribution in [-0.4, -0.2) is 181 Å². The fourth-order valence-corrected chi connectivity index (χ4v) is 16.1. The van der Waals surface area contributed by atoms with E-state index in [-0.39, 0.29) is 124 Å². The molecule has 11 aromatic carbocycles. The first-order valence-corrected chi connectivity index (χ1v) is 36.2. The van der Waals surface area contributed by atoms with E-state index in [1.807, 2.05) is 60.7 Å². The Morgan fingerprint density at radius 2 is 0.630 bits per heavy atom. The second-order valence-corrected chi connectivity index (χ2v) is 27.5. The number of carbonyl (C=O) groups is 6. The summed E-state index contributed by atoms with van der Waals surface area (Å²) in [5.41, 5.74) is 2.81. The summed E-state index contributed by atoms with van der Waals surface area (Å²) >= 11 is 0. The minimum atomic E-state index is -1.40. The van der Waals surface area contributed by atoms with E-state index < -0.39 is 47.5 Å². The molecule has 6 heterocycles. The number of amides is 6. The molecule has 2 N–H and O–H groups in total. The van der Waals surface area contributed by atoms with Gasteiger partial charge in [-0.3, -0.25) is 38.6 Å². The lowest BCUT2D eigenvalue weighted by Gasteiger charge is -2.40. The summed E-state index contributed by atoms with van der Waals surface area (Å²) in [6.07, 6.45) is -0.153. The summed E-state index contributed by atoms with van der Waals surface area (Å²) in [6.45, 7) is 9.45. The smallest absolute Gasteiger partial charge is 0.262 e. The van der Waals surface area contributed by atoms with E-state index in [0.717, 1.165) is 44.7 Å². The van der Waals surface area contributed by atoms with E-state index in [2.05, 4.69) is 33.6 Å². The van der Waals surface area contributed by atoms with Crippen LogP contribution >= 0.6 is 0 Å². The number of carbonyl (C=O) groups excluding carboxylic acids is 6. The third-order valence-electron chi connectivity index (χ3n) is 21.5. The third kappa shape index (κ3) is 12.0. The maximum atomic E-state index is 16.8. The number of H-pyrrole nitrogens is 2. The normalized spacial score (nSPS) is 15.5. The first kappa shape index (κ1) is 68.4. The van der Waals surface area contributed by atoms with Crippen LogP contribution in [0.25, 0.3) is 64.9 Å². The predicted octanol–water partition coefficient (Wildman–Crippen LogP) is 14.6. The van der Waals surface area contributed by atoms with E-state index in [4.69, 9.17) is 37.9 Å². The number of hydrogen-bond donors (Lipinski definition) is 2. The minimum Gasteiger partial charge on any atom is -0.497 e. The highest BCUT2D eigenvalue weighted by Crippen LogP contribution is 2.58. The zero-order valence-electron chi connectivity index (χ0n) is 60.4. The number of fused-ring (bicyclic) bond motifs is 4. The largest absolute Gasteiger partial charge is 0.497 e. The molecule has 2 atom stereocenters. The molecule has 2 unspecified atom stereocenters. The van der Waals surface area contributed by atoms with Gasteiger partial charge in [-0.1, -0.05) is 74.5 Å². The van der Waals surface area contributed by atoms with Gasteiger partial charge in [0.1, 0.15) is 81.1 Å². The maximum absolute atomic E-state index is 16.8. The molecule has 0 radical (unpaired) electrons. The number of ether oxygens (including phenoxy) is 8. The Kier molecular flexibility index (Phi) is 17.7. The number of aromatic nitrogens is 2. The van der Waals surface area contributed by atoms with E-state index in [9.17, 15) is 0 Å². The van der Waals surface area contributed by atoms with Crippen molar-refractivity contribution in [1.82, 2.24) is 39.4 Å². The van der Waals surface area contributed by atoms with Crippen molar-refractivity contribution in [2.24, 2.45) is 0 Å². The van der Waals surface area contributed by atoms with Gasteiger partial charge in [0.25, 0.3) is 23.6 Å². The Hall–Kier alpha value is -12.7. The number of imide groups is 2. The van der Waals surface area contributed by atoms with Crippen LogP contribution in [0.4, 0.5) is 0 Å². The Balaban J connectivity index is 0.990. The van der Waals surface area contributed by atoms with Gasteiger partial charge in [0.2, 0.25) is 11.8 Å². The lowest BCUT2D eigenvalue weighted by Crippen LogP contribution is -2.58. The molecule has 108 heavy (non-hydrogen) atoms. The van der Waals surface area contributed by atoms with Gasteiger partial charge >= 0.3 is 0 Å². The Labute approximate surface area is 620 Å². The summed E-state index contributed by atoms with van der Waals surface area (Å²) in [7, 11) is 6.13. The van der Waals surface area contributed by atoms with Crippen LogP contribution in [0.15, 0.2) is 182 Å². The number of hydrogen-bond acceptors (Lipinski definition) is 16. The molecule has 2 saturated heterocycles. The number of para-hydroxylation sites is 2. The van der Waals surface area contributed by atoms with E-state index >= 15 is 28.8 Å². The van der Waals surface area contributed by atoms with Gasteiger partial charge in [-0.25, -0.2) is 0 Å². The number of likely N-dealkylation sites (N-methyl/N-ethyl adjacent to an activating group) is 2. The molecule has 6 amide bonds. The van der Waals surface area contributed by atoms with Gasteiger partial charge < -0.3 is 67.5 Å². The zero-order valence-corrected chi connectivity index (χ0v) is 60.4. The summed E-state index contributed by atoms with van der Waals surface area (Å²) in [6, 6.07) is 50.6. The average Bonchev–Trinajstić information content (AvgIpc) is 0.774. The molecule has 4 aliphatic rings. The lowest BCUT2D eigenvalue weighted by atomic mass is 9.80. The SMILES string of the molecule is CCN1CCN(C(=O)C(Cc2cc3ccccc3[nH]2)N2C(=O)c3cc(Oc4cccc(OC)c4)c4c5c(Oc6cccc(OC)c6)cc6c7c(cc(Oc8cccc(OC)c8)c(c8c(Oc9cccc(OC)c9)cc(c3c48)C2=O)c75)C(=O)N(C(Cc2cc3ccccc3[nH]2)C(=O)N2CCN(CC)CC2)C6=O)CC1. The van der Waals surface area contributed by atoms with E-state index in [1.165, 1.54) is 28.4 Å². The number of methoxy groups -OCH3 is 4. The van der Waals surface area contributed by atoms with Crippen LogP contribution < -0.4 is 37.9 Å². The van der Waals surface area contributed by atoms with Gasteiger partial charge in [-0.2, -0.15) is 0 Å². The Morgan fingerprint density at radius 1 is 0.343 bits per heavy atom. The monoisotopic (exact) mass is 1440 g/mol. The molecule has 0 saturated carbocycles. The van der Waals surface area contributed by atoms with Crippen molar-refractivity contribution < 1.29 is 66.7 Å². The number of nitrogens with zero attached hydrogens (tertiary/aromatic N) is 6. The zero-order chi connectivity index (χ0) is 74.2. The molecule has 22 nitrogen and oxygen atoms in total. The van der Waals surface area contributed by atoms with Crippen LogP contribution in [0.3, 0.4) is 0 Å². The molecule has 2 aromatic heterocycles. The highest BCUT2D eigenvalue weighted by molar-refractivity contribution is 6.45. The van der Waals surface area contributed by atoms with E-state index in [1.54, 1.807) is 131 Å². The highest BCUT2D eigenvalue weighted by atomic mass is 16.5. The average molecular weight is 1450 g/mol. The second-order valence-electron chi connectivity index (χ2n) is 27.5. The molecule has 544 valence electrons. The van der Waals surface area contributed by atoms with Gasteiger partial charge in [0.05, 0.1) is 50.7 Å². The number of rotatable bonds is 22. The molecular formula is C86H76N8O14. The van der Waals surface area contributed by atoms with Crippen LogP contribution in [0, 0.1) is 0 Å². The highest BCUT2D eigenvalue weighted by Gasteiger charge is 2.48. The molecule has 13 aromatic rings. The van der Waals surface area contributed by atoms with Gasteiger partial charge in [-0.15, -0.1) is 0 Å². The standard InChI is InChI=1S/C86H76N8O14/c1-7-89-29-33-91(34-30-89)85(99)67(39-51-37-49-17-9-11-27-65(49)87-51)93-81(95)61-45-69(105-57-23-13-19-53(41-57)101-3)75-77-71(107-59-25-15-21-55(43-59)103-5)47-63-74-64(84(98)94(83(63)97)68(86(100)92-35-31-90(8-2)32-36-92)40-52-38-50-18-10-12-28-66(50)88-52)48-72(108-60-26-16-22-56(44-60)104-6)78(80(74)77)76-70(46-62(82(93)96)73(61)79(75)76)106-58-24-14-20-54(42-58)102-4/h9-28,37-38,41-48,67-68,87-88H,7-8,29-36,39-40H2,1-6H3. The minimum absolute atomic E-state index is 0.0111. The summed E-state index contributed by atoms with van der Waals surface area (Å²) < 4.78 is 52.5. The van der Waals surface area contributed by atoms with Crippen molar-refractivity contribution in [2.75, 3.05) is 93.9 Å². The maximum Gasteiger partial charge on any atom is 0.262 e. The molecule has 0 spiro atoms. The molecule has 4 aliphatic heterocycles. The molecule has 0 bridgehead atoms. The quantitative estimate of drug-likeness (QED) is 0.0365. The Morgan fingerprint density at radius 3 is 0.907 bits per heavy atom. The fourth-order valence-electron chi connectivity index (χ4n) is 16.1. The van der Waals surface area contributed by atoms with Crippen LogP contribution in [0.5, 0.6) is 69.0 Å². The molecular weight excluding hydrogens is 1370 g/mol. The third-order valence-corrected chi connectivity index (χ3v) is 21.5. The summed E-state index contributed by atoms with van der Waals surface area (Å²) in [5, 5.41) is 3.49. The fraction of sp³-hybridized carbons (Fsp3) is 0.233. The van der Waals surface area contributed by atoms with Crippen LogP contribution in [-0.2, 0) is 22.4 Å². The van der Waals surface area contributed by atoms with Gasteiger partial charge in [-0.05, 0) is 121 Å². The van der Waals surface area contributed by atoms with Crippen molar-refractivity contribution in [3.05, 3.63) is 216 Å². The topological polar surface area (TPSA) is 227 Å². The van der Waals surface area contributed by atoms with Crippen molar-refractivity contribution in [3.8, 4) is 69.0 Å². The molecule has 22 heteroatoms. The molecule has 0 aliphatic carbocycles. The number of aromatic amines is 2. The van der Waals surface area contributed by atoms with Gasteiger partial charge in [0.15, 0.2) is 0 Å². The van der Waals surface area contributed by atoms with Crippen LogP contribution in [0.2, 0.25) is 0 Å². The van der Waals surface area contributed by atoms with Gasteiger partial charge in [0, 0.05) is 155 Å². The van der Waals surface area contributed by atoms with Crippen molar-refractivity contribution in [1.29, 1.82) is 0 Å². The number of nitrogens with one attached hydrogen (secondary N) is 2. The van der Waals surface area contributed by atoms with Crippen molar-refractivity contribution in [2.45, 2.75) is 38.8 Å². The van der Waals surface area contributed by atoms with Crippen molar-refractivity contribution >= 4 is 100 Å². The molecule has 2 fully saturated rings. The number of benzene rings is 11. The van der Waals surface area contributed by atoms with E-state index in [0.29, 0.717) is 86.7 Å². The first-order chi connectivity index (χ1) is 52.7. The summed E-state index contributed by atoms with van der Waals surface area (Å²) in [4.78, 5) is 116. The Bertz CT molecular complexity index is 5170. The number of piperazine rings is 2. The predicted molar refractivity (Wildman–Crippen MR) is 410 cm³/mol. The summed E-state index contributed by atoms with van der Waals surface area (Å²) in [5.74, 6) is -1.11. The first-order valence-electron chi connectivity index (χ1n) is 36.2.